The summed E-state index contributed by atoms with van der Waals surface area (Å²) in [6.07, 6.45) is 1.25. The number of hydrogen-bond donors (Lipinski definition) is 3. The van der Waals surface area contributed by atoms with Gasteiger partial charge < -0.3 is 16.0 Å². The predicted molar refractivity (Wildman–Crippen MR) is 118 cm³/mol. The van der Waals surface area contributed by atoms with Crippen LogP contribution in [0.4, 0.5) is 16.2 Å². The molecule has 3 amide bonds. The molecule has 162 valence electrons. The van der Waals surface area contributed by atoms with Crippen LogP contribution in [0.5, 0.6) is 0 Å². The van der Waals surface area contributed by atoms with Crippen LogP contribution in [0.1, 0.15) is 24.6 Å². The summed E-state index contributed by atoms with van der Waals surface area (Å²) in [5, 5.41) is 8.18. The van der Waals surface area contributed by atoms with Crippen LogP contribution < -0.4 is 16.0 Å². The first-order chi connectivity index (χ1) is 14.3. The zero-order valence-electron chi connectivity index (χ0n) is 17.0. The molecule has 1 aliphatic heterocycles. The minimum absolute atomic E-state index is 0.155. The largest absolute Gasteiger partial charge is 0.338 e. The summed E-state index contributed by atoms with van der Waals surface area (Å²) in [4.78, 5) is 25.4. The second-order valence-corrected chi connectivity index (χ2v) is 10.6. The summed E-state index contributed by atoms with van der Waals surface area (Å²) in [7, 11) is -3.59. The lowest BCUT2D eigenvalue weighted by molar-refractivity contribution is -0.120. The molecule has 10 heteroatoms. The van der Waals surface area contributed by atoms with Crippen molar-refractivity contribution >= 4 is 44.7 Å². The number of thiophene rings is 1. The Morgan fingerprint density at radius 3 is 2.57 bits per heavy atom. The molecule has 1 aromatic heterocycles. The fourth-order valence-corrected chi connectivity index (χ4v) is 6.27. The van der Waals surface area contributed by atoms with Crippen LogP contribution in [0.2, 0.25) is 0 Å². The molecule has 0 radical (unpaired) electrons. The fraction of sp³-hybridized carbons (Fsp3) is 0.400. The number of benzene rings is 1. The molecule has 1 saturated heterocycles. The van der Waals surface area contributed by atoms with E-state index in [1.54, 1.807) is 36.4 Å². The zero-order chi connectivity index (χ0) is 21.7. The molecule has 8 nitrogen and oxygen atoms in total. The number of nitrogens with one attached hydrogen (secondary N) is 3. The summed E-state index contributed by atoms with van der Waals surface area (Å²) in [5.74, 6) is -0.665. The van der Waals surface area contributed by atoms with Gasteiger partial charge in [-0.2, -0.15) is 4.31 Å². The number of carbonyl (C=O) groups is 2. The Bertz CT molecular complexity index is 1020. The molecule has 1 aromatic carbocycles. The second kappa shape index (κ2) is 9.59. The van der Waals surface area contributed by atoms with Crippen LogP contribution in [-0.4, -0.2) is 44.3 Å². The molecule has 1 aliphatic rings. The number of carbonyl (C=O) groups excluding carboxylic acids is 2. The van der Waals surface area contributed by atoms with Gasteiger partial charge in [0.2, 0.25) is 5.91 Å². The lowest BCUT2D eigenvalue weighted by atomic mass is 9.98. The first kappa shape index (κ1) is 22.3. The Morgan fingerprint density at radius 1 is 1.17 bits per heavy atom. The maximum absolute atomic E-state index is 12.9. The van der Waals surface area contributed by atoms with Crippen molar-refractivity contribution in [2.45, 2.75) is 30.9 Å². The summed E-state index contributed by atoms with van der Waals surface area (Å²) in [6, 6.07) is 9.93. The smallest absolute Gasteiger partial charge is 0.319 e. The Kier molecular flexibility index (Phi) is 7.11. The van der Waals surface area contributed by atoms with Crippen LogP contribution >= 0.6 is 11.3 Å². The number of aryl methyl sites for hydroxylation is 1. The highest BCUT2D eigenvalue weighted by Gasteiger charge is 2.34. The summed E-state index contributed by atoms with van der Waals surface area (Å²) < 4.78 is 27.5. The normalized spacial score (nSPS) is 17.3. The second-order valence-electron chi connectivity index (χ2n) is 7.12. The minimum atomic E-state index is -3.59. The topological polar surface area (TPSA) is 108 Å². The van der Waals surface area contributed by atoms with Gasteiger partial charge in [-0.05, 0) is 57.0 Å². The lowest BCUT2D eigenvalue weighted by Crippen LogP contribution is -2.43. The number of nitrogens with zero attached hydrogens (tertiary/aromatic N) is 1. The van der Waals surface area contributed by atoms with E-state index in [2.05, 4.69) is 16.0 Å². The Hall–Kier alpha value is -2.43. The van der Waals surface area contributed by atoms with E-state index in [-0.39, 0.29) is 18.5 Å². The quantitative estimate of drug-likeness (QED) is 0.628. The summed E-state index contributed by atoms with van der Waals surface area (Å²) >= 11 is 1.24. The molecule has 2 aromatic rings. The Balaban J connectivity index is 1.65. The van der Waals surface area contributed by atoms with Crippen molar-refractivity contribution < 1.29 is 18.0 Å². The first-order valence-corrected chi connectivity index (χ1v) is 12.1. The van der Waals surface area contributed by atoms with E-state index in [1.165, 1.54) is 15.6 Å². The maximum atomic E-state index is 12.9. The number of amides is 3. The molecule has 1 atom stereocenters. The SMILES string of the molecule is CCNC(=O)Nc1cccc(NC(=O)C2CCCN(S(=O)(=O)c3ccc(C)s3)C2)c1. The standard InChI is InChI=1S/C20H26N4O4S2/c1-3-21-20(26)23-17-8-4-7-16(12-17)22-19(25)15-6-5-11-24(13-15)30(27,28)18-10-9-14(2)29-18/h4,7-10,12,15H,3,5-6,11,13H2,1-2H3,(H,22,25)(H2,21,23,26). The minimum Gasteiger partial charge on any atom is -0.338 e. The summed E-state index contributed by atoms with van der Waals surface area (Å²) in [6.45, 7) is 4.76. The van der Waals surface area contributed by atoms with Gasteiger partial charge >= 0.3 is 6.03 Å². The van der Waals surface area contributed by atoms with Crippen molar-refractivity contribution in [1.29, 1.82) is 0 Å². The molecule has 3 N–H and O–H groups in total. The lowest BCUT2D eigenvalue weighted by Gasteiger charge is -2.30. The molecule has 0 spiro atoms. The number of sulfonamides is 1. The average Bonchev–Trinajstić information content (AvgIpc) is 3.16. The molecule has 0 aliphatic carbocycles. The molecule has 1 unspecified atom stereocenters. The van der Waals surface area contributed by atoms with E-state index in [0.717, 1.165) is 4.88 Å². The first-order valence-electron chi connectivity index (χ1n) is 9.82. The van der Waals surface area contributed by atoms with Gasteiger partial charge in [-0.15, -0.1) is 11.3 Å². The number of hydrogen-bond acceptors (Lipinski definition) is 5. The van der Waals surface area contributed by atoms with Crippen molar-refractivity contribution in [3.8, 4) is 0 Å². The molecule has 0 bridgehead atoms. The van der Waals surface area contributed by atoms with Gasteiger partial charge in [0.15, 0.2) is 0 Å². The van der Waals surface area contributed by atoms with E-state index in [1.807, 2.05) is 13.8 Å². The Labute approximate surface area is 180 Å². The highest BCUT2D eigenvalue weighted by molar-refractivity contribution is 7.91. The van der Waals surface area contributed by atoms with E-state index >= 15 is 0 Å². The van der Waals surface area contributed by atoms with Gasteiger partial charge in [-0.25, -0.2) is 13.2 Å². The van der Waals surface area contributed by atoms with Crippen molar-refractivity contribution in [2.75, 3.05) is 30.3 Å². The van der Waals surface area contributed by atoms with Gasteiger partial charge in [-0.1, -0.05) is 6.07 Å². The van der Waals surface area contributed by atoms with Crippen molar-refractivity contribution in [3.05, 3.63) is 41.3 Å². The van der Waals surface area contributed by atoms with Crippen LogP contribution in [-0.2, 0) is 14.8 Å². The third kappa shape index (κ3) is 5.38. The molecule has 1 fully saturated rings. The van der Waals surface area contributed by atoms with Gasteiger partial charge in [-0.3, -0.25) is 4.79 Å². The van der Waals surface area contributed by atoms with Crippen molar-refractivity contribution in [3.63, 3.8) is 0 Å². The van der Waals surface area contributed by atoms with E-state index in [0.29, 0.717) is 41.5 Å². The molecule has 2 heterocycles. The number of rotatable bonds is 6. The number of urea groups is 1. The van der Waals surface area contributed by atoms with Gasteiger partial charge in [0.1, 0.15) is 4.21 Å². The maximum Gasteiger partial charge on any atom is 0.319 e. The van der Waals surface area contributed by atoms with E-state index in [9.17, 15) is 18.0 Å². The van der Waals surface area contributed by atoms with Crippen molar-refractivity contribution in [1.82, 2.24) is 9.62 Å². The highest BCUT2D eigenvalue weighted by atomic mass is 32.2. The van der Waals surface area contributed by atoms with Crippen LogP contribution in [0.3, 0.4) is 0 Å². The van der Waals surface area contributed by atoms with Crippen LogP contribution in [0.15, 0.2) is 40.6 Å². The third-order valence-corrected chi connectivity index (χ3v) is 8.12. The van der Waals surface area contributed by atoms with Crippen LogP contribution in [0.25, 0.3) is 0 Å². The number of anilines is 2. The fourth-order valence-electron chi connectivity index (χ4n) is 3.31. The Morgan fingerprint density at radius 2 is 1.90 bits per heavy atom. The molecular formula is C20H26N4O4S2. The highest BCUT2D eigenvalue weighted by Crippen LogP contribution is 2.28. The van der Waals surface area contributed by atoms with Crippen molar-refractivity contribution in [2.24, 2.45) is 5.92 Å². The average molecular weight is 451 g/mol. The number of piperidine rings is 1. The molecular weight excluding hydrogens is 424 g/mol. The predicted octanol–water partition coefficient (Wildman–Crippen LogP) is 3.24. The van der Waals surface area contributed by atoms with Gasteiger partial charge in [0.05, 0.1) is 5.92 Å². The molecule has 30 heavy (non-hydrogen) atoms. The molecule has 0 saturated carbocycles. The molecule has 3 rings (SSSR count). The van der Waals surface area contributed by atoms with Gasteiger partial charge in [0.25, 0.3) is 10.0 Å². The summed E-state index contributed by atoms with van der Waals surface area (Å²) in [5.41, 5.74) is 1.10. The third-order valence-electron chi connectivity index (χ3n) is 4.79. The van der Waals surface area contributed by atoms with E-state index < -0.39 is 15.9 Å². The van der Waals surface area contributed by atoms with Crippen LogP contribution in [0, 0.1) is 12.8 Å². The van der Waals surface area contributed by atoms with E-state index in [4.69, 9.17) is 0 Å². The zero-order valence-corrected chi connectivity index (χ0v) is 18.6. The van der Waals surface area contributed by atoms with Gasteiger partial charge in [0, 0.05) is 35.9 Å². The monoisotopic (exact) mass is 450 g/mol.